The van der Waals surface area contributed by atoms with Crippen molar-refractivity contribution in [3.05, 3.63) is 32.7 Å². The summed E-state index contributed by atoms with van der Waals surface area (Å²) >= 11 is 0. The van der Waals surface area contributed by atoms with E-state index in [1.807, 2.05) is 20.8 Å². The maximum absolute atomic E-state index is 12.6. The van der Waals surface area contributed by atoms with Crippen LogP contribution in [0.4, 0.5) is 0 Å². The van der Waals surface area contributed by atoms with Gasteiger partial charge in [0.2, 0.25) is 0 Å². The van der Waals surface area contributed by atoms with E-state index in [4.69, 9.17) is 0 Å². The second-order valence-electron chi connectivity index (χ2n) is 7.97. The van der Waals surface area contributed by atoms with Gasteiger partial charge in [0, 0.05) is 50.4 Å². The van der Waals surface area contributed by atoms with Crippen molar-refractivity contribution in [3.8, 4) is 0 Å². The highest BCUT2D eigenvalue weighted by Crippen LogP contribution is 2.45. The lowest BCUT2D eigenvalue weighted by Crippen LogP contribution is -2.48. The van der Waals surface area contributed by atoms with Gasteiger partial charge in [-0.1, -0.05) is 0 Å². The van der Waals surface area contributed by atoms with Crippen molar-refractivity contribution in [1.29, 1.82) is 0 Å². The number of amides is 1. The number of likely N-dealkylation sites (N-methyl/N-ethyl adjacent to an activating group) is 1. The number of carbonyl (C=O) groups excluding carboxylic acids is 1. The Morgan fingerprint density at radius 3 is 2.36 bits per heavy atom. The van der Waals surface area contributed by atoms with E-state index >= 15 is 0 Å². The average Bonchev–Trinajstić information content (AvgIpc) is 3.33. The fourth-order valence-corrected chi connectivity index (χ4v) is 3.64. The average molecular weight is 346 g/mol. The Kier molecular flexibility index (Phi) is 5.02. The molecule has 0 atom stereocenters. The number of piperazine rings is 1. The highest BCUT2D eigenvalue weighted by atomic mass is 16.2. The summed E-state index contributed by atoms with van der Waals surface area (Å²) < 4.78 is 0. The van der Waals surface area contributed by atoms with Crippen molar-refractivity contribution >= 4 is 5.91 Å². The van der Waals surface area contributed by atoms with Crippen molar-refractivity contribution in [2.24, 2.45) is 5.41 Å². The van der Waals surface area contributed by atoms with Gasteiger partial charge in [0.05, 0.1) is 0 Å². The predicted octanol–water partition coefficient (Wildman–Crippen LogP) is 1.06. The SMILES string of the molecule is Cc1[nH]c(=O)c(C(=O)NCC2(CN3CCN(C)CC3)CC2)c(C)c1C. The minimum absolute atomic E-state index is 0.200. The van der Waals surface area contributed by atoms with Crippen LogP contribution >= 0.6 is 0 Å². The highest BCUT2D eigenvalue weighted by Gasteiger charge is 2.44. The van der Waals surface area contributed by atoms with Gasteiger partial charge in [0.1, 0.15) is 5.56 Å². The van der Waals surface area contributed by atoms with Gasteiger partial charge in [0.15, 0.2) is 0 Å². The molecule has 1 aromatic rings. The predicted molar refractivity (Wildman–Crippen MR) is 99.2 cm³/mol. The number of rotatable bonds is 5. The maximum Gasteiger partial charge on any atom is 0.261 e. The fraction of sp³-hybridized carbons (Fsp3) is 0.684. The molecule has 6 heteroatoms. The van der Waals surface area contributed by atoms with Crippen LogP contribution in [-0.2, 0) is 0 Å². The van der Waals surface area contributed by atoms with Crippen LogP contribution in [0.15, 0.2) is 4.79 Å². The summed E-state index contributed by atoms with van der Waals surface area (Å²) in [5.74, 6) is -0.244. The zero-order valence-corrected chi connectivity index (χ0v) is 15.9. The van der Waals surface area contributed by atoms with E-state index in [1.54, 1.807) is 0 Å². The van der Waals surface area contributed by atoms with Gasteiger partial charge in [0.25, 0.3) is 11.5 Å². The molecule has 1 amide bonds. The summed E-state index contributed by atoms with van der Waals surface area (Å²) in [4.78, 5) is 32.5. The zero-order chi connectivity index (χ0) is 18.2. The maximum atomic E-state index is 12.6. The first-order valence-electron chi connectivity index (χ1n) is 9.20. The van der Waals surface area contributed by atoms with Crippen LogP contribution < -0.4 is 10.9 Å². The van der Waals surface area contributed by atoms with Crippen LogP contribution in [-0.4, -0.2) is 67.0 Å². The molecule has 0 unspecified atom stereocenters. The summed E-state index contributed by atoms with van der Waals surface area (Å²) in [7, 11) is 2.16. The molecule has 2 fully saturated rings. The number of aromatic nitrogens is 1. The first-order valence-corrected chi connectivity index (χ1v) is 9.20. The van der Waals surface area contributed by atoms with Gasteiger partial charge in [-0.2, -0.15) is 0 Å². The van der Waals surface area contributed by atoms with E-state index in [-0.39, 0.29) is 22.4 Å². The molecule has 2 N–H and O–H groups in total. The highest BCUT2D eigenvalue weighted by molar-refractivity contribution is 5.95. The van der Waals surface area contributed by atoms with E-state index < -0.39 is 0 Å². The number of H-pyrrole nitrogens is 1. The molecular formula is C19H30N4O2. The largest absolute Gasteiger partial charge is 0.351 e. The van der Waals surface area contributed by atoms with Gasteiger partial charge < -0.3 is 20.1 Å². The Labute approximate surface area is 149 Å². The van der Waals surface area contributed by atoms with E-state index in [0.717, 1.165) is 62.4 Å². The third kappa shape index (κ3) is 3.96. The molecule has 25 heavy (non-hydrogen) atoms. The number of aryl methyl sites for hydroxylation is 1. The van der Waals surface area contributed by atoms with Crippen LogP contribution in [0.1, 0.15) is 40.0 Å². The van der Waals surface area contributed by atoms with Crippen molar-refractivity contribution in [1.82, 2.24) is 20.1 Å². The number of nitrogens with one attached hydrogen (secondary N) is 2. The number of aromatic amines is 1. The van der Waals surface area contributed by atoms with Gasteiger partial charge >= 0.3 is 0 Å². The summed E-state index contributed by atoms with van der Waals surface area (Å²) in [6.07, 6.45) is 2.31. The number of hydrogen-bond donors (Lipinski definition) is 2. The lowest BCUT2D eigenvalue weighted by atomic mass is 10.0. The van der Waals surface area contributed by atoms with E-state index in [0.29, 0.717) is 6.54 Å². The molecule has 1 saturated carbocycles. The molecule has 2 heterocycles. The molecular weight excluding hydrogens is 316 g/mol. The summed E-state index contributed by atoms with van der Waals surface area (Å²) in [5.41, 5.74) is 2.76. The molecule has 0 bridgehead atoms. The smallest absolute Gasteiger partial charge is 0.261 e. The van der Waals surface area contributed by atoms with Gasteiger partial charge in [-0.05, 0) is 51.8 Å². The lowest BCUT2D eigenvalue weighted by Gasteiger charge is -2.34. The van der Waals surface area contributed by atoms with Crippen LogP contribution in [0.3, 0.4) is 0 Å². The van der Waals surface area contributed by atoms with Crippen molar-refractivity contribution in [2.45, 2.75) is 33.6 Å². The Balaban J connectivity index is 1.61. The zero-order valence-electron chi connectivity index (χ0n) is 15.9. The minimum atomic E-state index is -0.290. The quantitative estimate of drug-likeness (QED) is 0.836. The van der Waals surface area contributed by atoms with E-state index in [9.17, 15) is 9.59 Å². The van der Waals surface area contributed by atoms with Crippen LogP contribution in [0.5, 0.6) is 0 Å². The molecule has 2 aliphatic rings. The Morgan fingerprint density at radius 1 is 1.12 bits per heavy atom. The summed E-state index contributed by atoms with van der Waals surface area (Å²) in [6, 6.07) is 0. The van der Waals surface area contributed by atoms with Crippen molar-refractivity contribution in [3.63, 3.8) is 0 Å². The number of nitrogens with zero attached hydrogens (tertiary/aromatic N) is 2. The third-order valence-electron chi connectivity index (χ3n) is 5.99. The molecule has 1 aliphatic heterocycles. The Hall–Kier alpha value is -1.66. The lowest BCUT2D eigenvalue weighted by molar-refractivity contribution is 0.0924. The standard InChI is InChI=1S/C19H30N4O2/c1-13-14(2)16(18(25)21-15(13)3)17(24)20-11-19(5-6-19)12-23-9-7-22(4)8-10-23/h5-12H2,1-4H3,(H,20,24)(H,21,25). The van der Waals surface area contributed by atoms with Crippen LogP contribution in [0.2, 0.25) is 0 Å². The number of hydrogen-bond acceptors (Lipinski definition) is 4. The second-order valence-corrected chi connectivity index (χ2v) is 7.97. The fourth-order valence-electron chi connectivity index (χ4n) is 3.64. The van der Waals surface area contributed by atoms with Gasteiger partial charge in [-0.25, -0.2) is 0 Å². The molecule has 1 saturated heterocycles. The first-order chi connectivity index (χ1) is 11.8. The topological polar surface area (TPSA) is 68.4 Å². The molecule has 6 nitrogen and oxygen atoms in total. The molecule has 3 rings (SSSR count). The second kappa shape index (κ2) is 6.92. The monoisotopic (exact) mass is 346 g/mol. The molecule has 1 aliphatic carbocycles. The van der Waals surface area contributed by atoms with Crippen molar-refractivity contribution < 1.29 is 4.79 Å². The van der Waals surface area contributed by atoms with Crippen LogP contribution in [0, 0.1) is 26.2 Å². The molecule has 0 spiro atoms. The minimum Gasteiger partial charge on any atom is -0.351 e. The first kappa shape index (κ1) is 18.1. The van der Waals surface area contributed by atoms with E-state index in [1.165, 1.54) is 0 Å². The van der Waals surface area contributed by atoms with Crippen LogP contribution in [0.25, 0.3) is 0 Å². The molecule has 0 radical (unpaired) electrons. The normalized spacial score (nSPS) is 20.5. The summed E-state index contributed by atoms with van der Waals surface area (Å²) in [5, 5.41) is 3.03. The molecule has 1 aromatic heterocycles. The Morgan fingerprint density at radius 2 is 1.76 bits per heavy atom. The molecule has 0 aromatic carbocycles. The molecule has 138 valence electrons. The van der Waals surface area contributed by atoms with Gasteiger partial charge in [-0.3, -0.25) is 9.59 Å². The Bertz CT molecular complexity index is 713. The van der Waals surface area contributed by atoms with Crippen molar-refractivity contribution in [2.75, 3.05) is 46.3 Å². The number of carbonyl (C=O) groups is 1. The summed E-state index contributed by atoms with van der Waals surface area (Å²) in [6.45, 7) is 11.8. The van der Waals surface area contributed by atoms with Gasteiger partial charge in [-0.15, -0.1) is 0 Å². The number of pyridine rings is 1. The van der Waals surface area contributed by atoms with E-state index in [2.05, 4.69) is 27.1 Å². The third-order valence-corrected chi connectivity index (χ3v) is 5.99.